The summed E-state index contributed by atoms with van der Waals surface area (Å²) < 4.78 is 5.35. The van der Waals surface area contributed by atoms with Crippen LogP contribution in [0, 0.1) is 13.8 Å². The topological polar surface area (TPSA) is 67.0 Å². The summed E-state index contributed by atoms with van der Waals surface area (Å²) in [6, 6.07) is 4.78. The van der Waals surface area contributed by atoms with Crippen LogP contribution in [0.2, 0.25) is 10.0 Å². The molecule has 0 radical (unpaired) electrons. The van der Waals surface area contributed by atoms with Crippen LogP contribution >= 0.6 is 23.2 Å². The fraction of sp³-hybridized carbons (Fsp3) is 0.231. The molecule has 0 atom stereocenters. The second kappa shape index (κ2) is 6.15. The summed E-state index contributed by atoms with van der Waals surface area (Å²) in [6.45, 7) is 3.49. The Kier molecular flexibility index (Phi) is 4.52. The number of halogens is 2. The molecule has 1 amide bonds. The lowest BCUT2D eigenvalue weighted by Crippen LogP contribution is -2.20. The molecule has 2 rings (SSSR count). The number of H-pyrrole nitrogens is 1. The van der Waals surface area contributed by atoms with Crippen molar-refractivity contribution in [2.75, 3.05) is 11.9 Å². The number of ether oxygens (including phenoxy) is 1. The molecule has 7 heteroatoms. The smallest absolute Gasteiger partial charge is 0.262 e. The number of nitrogens with one attached hydrogen (secondary N) is 2. The molecule has 1 heterocycles. The van der Waals surface area contributed by atoms with E-state index in [9.17, 15) is 4.79 Å². The number of hydrogen-bond donors (Lipinski definition) is 2. The molecule has 0 spiro atoms. The number of aromatic amines is 1. The Morgan fingerprint density at radius 3 is 2.50 bits per heavy atom. The minimum Gasteiger partial charge on any atom is -0.484 e. The highest BCUT2D eigenvalue weighted by atomic mass is 35.5. The highest BCUT2D eigenvalue weighted by Gasteiger charge is 2.11. The van der Waals surface area contributed by atoms with Crippen LogP contribution in [-0.2, 0) is 4.79 Å². The van der Waals surface area contributed by atoms with E-state index in [1.807, 2.05) is 6.92 Å². The maximum atomic E-state index is 11.8. The van der Waals surface area contributed by atoms with Gasteiger partial charge in [0, 0.05) is 10.0 Å². The fourth-order valence-electron chi connectivity index (χ4n) is 1.67. The lowest BCUT2D eigenvalue weighted by atomic mass is 10.3. The molecule has 0 saturated heterocycles. The number of carbonyl (C=O) groups excluding carboxylic acids is 1. The van der Waals surface area contributed by atoms with Crippen LogP contribution in [0.5, 0.6) is 5.75 Å². The van der Waals surface area contributed by atoms with Gasteiger partial charge in [0.25, 0.3) is 5.91 Å². The zero-order valence-corrected chi connectivity index (χ0v) is 12.5. The van der Waals surface area contributed by atoms with E-state index in [0.717, 1.165) is 11.4 Å². The summed E-state index contributed by atoms with van der Waals surface area (Å²) >= 11 is 11.7. The maximum absolute atomic E-state index is 11.8. The van der Waals surface area contributed by atoms with E-state index in [1.165, 1.54) is 0 Å². The minimum absolute atomic E-state index is 0.138. The lowest BCUT2D eigenvalue weighted by Gasteiger charge is -2.08. The van der Waals surface area contributed by atoms with Crippen molar-refractivity contribution < 1.29 is 9.53 Å². The fourth-order valence-corrected chi connectivity index (χ4v) is 2.18. The van der Waals surface area contributed by atoms with Gasteiger partial charge in [0.05, 0.1) is 17.1 Å². The molecule has 20 heavy (non-hydrogen) atoms. The molecule has 0 aliphatic heterocycles. The Balaban J connectivity index is 1.95. The third-order valence-corrected chi connectivity index (χ3v) is 3.03. The Hall–Kier alpha value is -1.72. The number of amides is 1. The van der Waals surface area contributed by atoms with Crippen molar-refractivity contribution in [3.05, 3.63) is 39.6 Å². The van der Waals surface area contributed by atoms with Crippen molar-refractivity contribution in [1.82, 2.24) is 10.2 Å². The average molecular weight is 314 g/mol. The second-order valence-electron chi connectivity index (χ2n) is 4.25. The highest BCUT2D eigenvalue weighted by molar-refractivity contribution is 6.34. The van der Waals surface area contributed by atoms with Gasteiger partial charge < -0.3 is 10.1 Å². The predicted molar refractivity (Wildman–Crippen MR) is 78.6 cm³/mol. The molecule has 1 aromatic heterocycles. The molecule has 2 N–H and O–H groups in total. The highest BCUT2D eigenvalue weighted by Crippen LogP contribution is 2.24. The number of anilines is 1. The van der Waals surface area contributed by atoms with Crippen LogP contribution < -0.4 is 10.1 Å². The zero-order chi connectivity index (χ0) is 14.7. The summed E-state index contributed by atoms with van der Waals surface area (Å²) in [5, 5.41) is 10.4. The maximum Gasteiger partial charge on any atom is 0.262 e. The molecule has 0 fully saturated rings. The first kappa shape index (κ1) is 14.7. The molecule has 0 unspecified atom stereocenters. The van der Waals surface area contributed by atoms with Crippen molar-refractivity contribution in [3.63, 3.8) is 0 Å². The third kappa shape index (κ3) is 3.65. The first-order valence-electron chi connectivity index (χ1n) is 5.86. The van der Waals surface area contributed by atoms with Crippen LogP contribution in [0.15, 0.2) is 18.2 Å². The first-order valence-corrected chi connectivity index (χ1v) is 6.61. The van der Waals surface area contributed by atoms with Gasteiger partial charge >= 0.3 is 0 Å². The number of aromatic nitrogens is 2. The molecule has 0 aliphatic rings. The number of hydrogen-bond acceptors (Lipinski definition) is 3. The van der Waals surface area contributed by atoms with E-state index in [4.69, 9.17) is 27.9 Å². The van der Waals surface area contributed by atoms with Gasteiger partial charge in [0.1, 0.15) is 5.75 Å². The molecule has 0 saturated carbocycles. The summed E-state index contributed by atoms with van der Waals surface area (Å²) in [5.74, 6) is 0.159. The van der Waals surface area contributed by atoms with E-state index in [-0.39, 0.29) is 12.5 Å². The summed E-state index contributed by atoms with van der Waals surface area (Å²) in [6.07, 6.45) is 0. The van der Waals surface area contributed by atoms with Gasteiger partial charge in [-0.2, -0.15) is 5.10 Å². The molecule has 1 aromatic carbocycles. The van der Waals surface area contributed by atoms with Gasteiger partial charge in [-0.05, 0) is 32.0 Å². The van der Waals surface area contributed by atoms with Gasteiger partial charge in [-0.25, -0.2) is 0 Å². The number of carbonyl (C=O) groups is 1. The normalized spacial score (nSPS) is 10.4. The number of rotatable bonds is 4. The van der Waals surface area contributed by atoms with Gasteiger partial charge in [-0.15, -0.1) is 0 Å². The largest absolute Gasteiger partial charge is 0.484 e. The molecular weight excluding hydrogens is 301 g/mol. The number of aryl methyl sites for hydroxylation is 2. The molecular formula is C13H13Cl2N3O2. The predicted octanol–water partition coefficient (Wildman–Crippen LogP) is 3.35. The van der Waals surface area contributed by atoms with E-state index in [0.29, 0.717) is 21.5 Å². The summed E-state index contributed by atoms with van der Waals surface area (Å²) in [7, 11) is 0. The van der Waals surface area contributed by atoms with Gasteiger partial charge in [-0.3, -0.25) is 9.89 Å². The van der Waals surface area contributed by atoms with Gasteiger partial charge in [0.2, 0.25) is 0 Å². The van der Waals surface area contributed by atoms with Crippen LogP contribution in [0.3, 0.4) is 0 Å². The Morgan fingerprint density at radius 2 is 1.95 bits per heavy atom. The SMILES string of the molecule is Cc1n[nH]c(C)c1NC(=O)COc1cc(Cl)cc(Cl)c1. The van der Waals surface area contributed by atoms with Crippen molar-refractivity contribution in [2.45, 2.75) is 13.8 Å². The number of benzene rings is 1. The molecule has 5 nitrogen and oxygen atoms in total. The first-order chi connectivity index (χ1) is 9.45. The Bertz CT molecular complexity index is 601. The molecule has 106 valence electrons. The van der Waals surface area contributed by atoms with Crippen molar-refractivity contribution >= 4 is 34.8 Å². The molecule has 0 aliphatic carbocycles. The monoisotopic (exact) mass is 313 g/mol. The molecule has 2 aromatic rings. The quantitative estimate of drug-likeness (QED) is 0.909. The standard InChI is InChI=1S/C13H13Cl2N3O2/c1-7-13(8(2)18-17-7)16-12(19)6-20-11-4-9(14)3-10(15)5-11/h3-5H,6H2,1-2H3,(H,16,19)(H,17,18). The molecule has 0 bridgehead atoms. The van der Waals surface area contributed by atoms with Gasteiger partial charge in [0.15, 0.2) is 6.61 Å². The van der Waals surface area contributed by atoms with Crippen LogP contribution in [0.1, 0.15) is 11.4 Å². The summed E-state index contributed by atoms with van der Waals surface area (Å²) in [4.78, 5) is 11.8. The third-order valence-electron chi connectivity index (χ3n) is 2.60. The van der Waals surface area contributed by atoms with Crippen molar-refractivity contribution in [1.29, 1.82) is 0 Å². The average Bonchev–Trinajstić information content (AvgIpc) is 2.67. The van der Waals surface area contributed by atoms with E-state index < -0.39 is 0 Å². The van der Waals surface area contributed by atoms with Crippen LogP contribution in [0.25, 0.3) is 0 Å². The van der Waals surface area contributed by atoms with Crippen LogP contribution in [0.4, 0.5) is 5.69 Å². The second-order valence-corrected chi connectivity index (χ2v) is 5.12. The minimum atomic E-state index is -0.284. The van der Waals surface area contributed by atoms with E-state index in [2.05, 4.69) is 15.5 Å². The van der Waals surface area contributed by atoms with Crippen molar-refractivity contribution in [2.24, 2.45) is 0 Å². The lowest BCUT2D eigenvalue weighted by molar-refractivity contribution is -0.118. The van der Waals surface area contributed by atoms with Gasteiger partial charge in [-0.1, -0.05) is 23.2 Å². The zero-order valence-electron chi connectivity index (χ0n) is 11.0. The number of nitrogens with zero attached hydrogens (tertiary/aromatic N) is 1. The van der Waals surface area contributed by atoms with E-state index in [1.54, 1.807) is 25.1 Å². The van der Waals surface area contributed by atoms with E-state index >= 15 is 0 Å². The Morgan fingerprint density at radius 1 is 1.30 bits per heavy atom. The summed E-state index contributed by atoms with van der Waals surface area (Å²) in [5.41, 5.74) is 2.19. The Labute approximate surface area is 126 Å². The van der Waals surface area contributed by atoms with Crippen LogP contribution in [-0.4, -0.2) is 22.7 Å². The van der Waals surface area contributed by atoms with Crippen molar-refractivity contribution in [3.8, 4) is 5.75 Å².